The van der Waals surface area contributed by atoms with E-state index in [9.17, 15) is 17.9 Å². The Kier molecular flexibility index (Phi) is 5.52. The lowest BCUT2D eigenvalue weighted by atomic mass is 9.80. The molecule has 0 spiro atoms. The van der Waals surface area contributed by atoms with Crippen LogP contribution in [0.25, 0.3) is 11.9 Å². The van der Waals surface area contributed by atoms with Gasteiger partial charge in [-0.25, -0.2) is 28.0 Å². The molecule has 0 fully saturated rings. The van der Waals surface area contributed by atoms with Gasteiger partial charge in [-0.1, -0.05) is 6.07 Å². The van der Waals surface area contributed by atoms with Gasteiger partial charge < -0.3 is 5.73 Å². The molecule has 31 heavy (non-hydrogen) atoms. The average Bonchev–Trinajstić information content (AvgIpc) is 2.73. The molecule has 0 radical (unpaired) electrons. The van der Waals surface area contributed by atoms with Gasteiger partial charge in [-0.05, 0) is 44.5 Å². The standard InChI is InChI=1S/C20H22F2N6O2S/c1-19(2)20(3,27-18(24)28(4)31(19,29)30)14-7-12(5-6-15(14)21)8-16(22)17-11-25-13(9-23)10-26-17/h5-8,10-11,29-30H,1-4H3,(H2,24,27)/b16-8-/t20-/m1/s1. The SMILES string of the molecule is CN1C(N)=N[C@](C)(c2cc(/C=C(\F)c3cnc(C#N)cn3)ccc2F)C(C)(C)S1(O)O. The van der Waals surface area contributed by atoms with Gasteiger partial charge >= 0.3 is 0 Å². The van der Waals surface area contributed by atoms with Crippen LogP contribution in [0.15, 0.2) is 35.6 Å². The summed E-state index contributed by atoms with van der Waals surface area (Å²) in [6.45, 7) is 4.67. The van der Waals surface area contributed by atoms with Crippen LogP contribution in [-0.4, -0.2) is 41.1 Å². The minimum atomic E-state index is -3.47. The summed E-state index contributed by atoms with van der Waals surface area (Å²) in [6.07, 6.45) is 3.40. The molecule has 11 heteroatoms. The second-order valence-corrected chi connectivity index (χ2v) is 10.3. The lowest BCUT2D eigenvalue weighted by Gasteiger charge is -2.60. The number of nitrogens with zero attached hydrogens (tertiary/aromatic N) is 5. The molecule has 1 aliphatic heterocycles. The Balaban J connectivity index is 2.11. The minimum Gasteiger partial charge on any atom is -0.369 e. The zero-order chi connectivity index (χ0) is 23.2. The first-order valence-electron chi connectivity index (χ1n) is 9.12. The predicted molar refractivity (Wildman–Crippen MR) is 116 cm³/mol. The molecule has 0 saturated carbocycles. The Morgan fingerprint density at radius 2 is 1.94 bits per heavy atom. The molecule has 1 aromatic heterocycles. The van der Waals surface area contributed by atoms with Gasteiger partial charge in [0.25, 0.3) is 0 Å². The Morgan fingerprint density at radius 1 is 1.26 bits per heavy atom. The summed E-state index contributed by atoms with van der Waals surface area (Å²) in [4.78, 5) is 12.0. The highest BCUT2D eigenvalue weighted by molar-refractivity contribution is 8.23. The third-order valence-corrected chi connectivity index (χ3v) is 8.44. The fourth-order valence-corrected chi connectivity index (χ4v) is 4.97. The maximum atomic E-state index is 14.9. The number of nitriles is 1. The third kappa shape index (κ3) is 3.52. The summed E-state index contributed by atoms with van der Waals surface area (Å²) >= 11 is 0. The molecule has 8 nitrogen and oxygen atoms in total. The van der Waals surface area contributed by atoms with Crippen molar-refractivity contribution in [3.8, 4) is 6.07 Å². The number of benzene rings is 1. The van der Waals surface area contributed by atoms with Gasteiger partial charge in [0.2, 0.25) is 5.96 Å². The predicted octanol–water partition coefficient (Wildman–Crippen LogP) is 3.87. The number of nitrogens with two attached hydrogens (primary N) is 1. The fourth-order valence-electron chi connectivity index (χ4n) is 3.29. The molecular weight excluding hydrogens is 426 g/mol. The number of guanidine groups is 1. The molecule has 4 N–H and O–H groups in total. The molecule has 2 heterocycles. The Bertz CT molecular complexity index is 1130. The van der Waals surface area contributed by atoms with Crippen LogP contribution in [0.4, 0.5) is 8.78 Å². The number of hydrogen-bond acceptors (Lipinski definition) is 8. The van der Waals surface area contributed by atoms with Gasteiger partial charge in [-0.15, -0.1) is 10.8 Å². The van der Waals surface area contributed by atoms with E-state index in [0.717, 1.165) is 28.8 Å². The summed E-state index contributed by atoms with van der Waals surface area (Å²) in [5, 5.41) is 8.77. The number of aliphatic imine (C=N–C) groups is 1. The summed E-state index contributed by atoms with van der Waals surface area (Å²) in [5.74, 6) is -1.54. The maximum Gasteiger partial charge on any atom is 0.210 e. The average molecular weight is 448 g/mol. The minimum absolute atomic E-state index is 0.0287. The van der Waals surface area contributed by atoms with Gasteiger partial charge in [-0.3, -0.25) is 9.11 Å². The molecular formula is C20H22F2N6O2S. The first kappa shape index (κ1) is 22.6. The molecule has 0 saturated heterocycles. The molecule has 2 aromatic rings. The number of rotatable bonds is 3. The molecule has 1 aliphatic rings. The van der Waals surface area contributed by atoms with Crippen molar-refractivity contribution in [2.24, 2.45) is 10.7 Å². The fraction of sp³-hybridized carbons (Fsp3) is 0.300. The van der Waals surface area contributed by atoms with Crippen LogP contribution < -0.4 is 5.73 Å². The molecule has 1 atom stereocenters. The van der Waals surface area contributed by atoms with E-state index in [2.05, 4.69) is 15.0 Å². The zero-order valence-corrected chi connectivity index (χ0v) is 18.2. The molecule has 1 aromatic carbocycles. The van der Waals surface area contributed by atoms with E-state index in [1.165, 1.54) is 19.2 Å². The van der Waals surface area contributed by atoms with E-state index in [4.69, 9.17) is 11.0 Å². The van der Waals surface area contributed by atoms with Crippen molar-refractivity contribution in [1.29, 1.82) is 5.26 Å². The normalized spacial score (nSPS) is 23.6. The van der Waals surface area contributed by atoms with Crippen molar-refractivity contribution >= 4 is 28.6 Å². The first-order valence-corrected chi connectivity index (χ1v) is 10.6. The highest BCUT2D eigenvalue weighted by atomic mass is 32.3. The van der Waals surface area contributed by atoms with E-state index in [1.807, 2.05) is 0 Å². The van der Waals surface area contributed by atoms with Gasteiger partial charge in [0.15, 0.2) is 11.5 Å². The van der Waals surface area contributed by atoms with Crippen LogP contribution in [-0.2, 0) is 5.54 Å². The molecule has 0 aliphatic carbocycles. The second-order valence-electron chi connectivity index (χ2n) is 7.70. The van der Waals surface area contributed by atoms with E-state index < -0.39 is 32.7 Å². The van der Waals surface area contributed by atoms with Crippen molar-refractivity contribution < 1.29 is 17.9 Å². The molecule has 0 bridgehead atoms. The first-order chi connectivity index (χ1) is 14.3. The lowest BCUT2D eigenvalue weighted by molar-refractivity contribution is 0.287. The lowest BCUT2D eigenvalue weighted by Crippen LogP contribution is -2.59. The van der Waals surface area contributed by atoms with Crippen molar-refractivity contribution in [3.05, 3.63) is 58.9 Å². The Morgan fingerprint density at radius 3 is 2.52 bits per heavy atom. The van der Waals surface area contributed by atoms with E-state index in [0.29, 0.717) is 5.56 Å². The summed E-state index contributed by atoms with van der Waals surface area (Å²) in [5.41, 5.74) is 4.72. The Hall–Kier alpha value is -3.07. The van der Waals surface area contributed by atoms with Crippen LogP contribution in [0.5, 0.6) is 0 Å². The smallest absolute Gasteiger partial charge is 0.210 e. The molecule has 3 rings (SSSR count). The number of halogens is 2. The second kappa shape index (κ2) is 7.56. The van der Waals surface area contributed by atoms with E-state index >= 15 is 0 Å². The van der Waals surface area contributed by atoms with Crippen LogP contribution in [0, 0.1) is 17.1 Å². The summed E-state index contributed by atoms with van der Waals surface area (Å²) in [7, 11) is -2.07. The summed E-state index contributed by atoms with van der Waals surface area (Å²) in [6, 6.07) is 5.69. The highest BCUT2D eigenvalue weighted by Gasteiger charge is 2.57. The van der Waals surface area contributed by atoms with Crippen LogP contribution in [0.3, 0.4) is 0 Å². The Labute approximate surface area is 180 Å². The van der Waals surface area contributed by atoms with Gasteiger partial charge in [0.05, 0.1) is 12.4 Å². The molecule has 164 valence electrons. The maximum absolute atomic E-state index is 14.9. The van der Waals surface area contributed by atoms with Gasteiger partial charge in [0, 0.05) is 12.6 Å². The van der Waals surface area contributed by atoms with Crippen LogP contribution in [0.2, 0.25) is 0 Å². The topological polar surface area (TPSA) is 132 Å². The van der Waals surface area contributed by atoms with Gasteiger partial charge in [0.1, 0.15) is 27.9 Å². The van der Waals surface area contributed by atoms with Crippen LogP contribution >= 0.6 is 10.8 Å². The van der Waals surface area contributed by atoms with Crippen LogP contribution in [0.1, 0.15) is 43.3 Å². The van der Waals surface area contributed by atoms with Crippen molar-refractivity contribution in [3.63, 3.8) is 0 Å². The molecule has 0 unspecified atom stereocenters. The quantitative estimate of drug-likeness (QED) is 0.649. The largest absolute Gasteiger partial charge is 0.369 e. The van der Waals surface area contributed by atoms with Crippen molar-refractivity contribution in [2.45, 2.75) is 31.1 Å². The van der Waals surface area contributed by atoms with E-state index in [1.54, 1.807) is 26.8 Å². The highest BCUT2D eigenvalue weighted by Crippen LogP contribution is 2.64. The summed E-state index contributed by atoms with van der Waals surface area (Å²) < 4.78 is 50.9. The van der Waals surface area contributed by atoms with Crippen molar-refractivity contribution in [1.82, 2.24) is 14.3 Å². The van der Waals surface area contributed by atoms with Gasteiger partial charge in [-0.2, -0.15) is 5.26 Å². The third-order valence-electron chi connectivity index (χ3n) is 5.72. The number of hydrogen-bond donors (Lipinski definition) is 3. The number of aromatic nitrogens is 2. The van der Waals surface area contributed by atoms with Crippen molar-refractivity contribution in [2.75, 3.05) is 7.05 Å². The van der Waals surface area contributed by atoms with E-state index in [-0.39, 0.29) is 22.9 Å². The molecule has 0 amide bonds. The monoisotopic (exact) mass is 448 g/mol. The zero-order valence-electron chi connectivity index (χ0n) is 17.3.